The van der Waals surface area contributed by atoms with E-state index in [9.17, 15) is 19.8 Å². The van der Waals surface area contributed by atoms with Crippen LogP contribution in [0, 0.1) is 0 Å². The molecule has 0 amide bonds. The summed E-state index contributed by atoms with van der Waals surface area (Å²) in [5.41, 5.74) is 7.85. The minimum Gasteiger partial charge on any atom is -0.478 e. The van der Waals surface area contributed by atoms with Crippen molar-refractivity contribution in [1.82, 2.24) is 0 Å². The smallest absolute Gasteiger partial charge is 0.336 e. The Morgan fingerprint density at radius 3 is 2.41 bits per heavy atom. The molecule has 0 saturated heterocycles. The molecule has 144 valence electrons. The molecule has 8 heteroatoms. The zero-order valence-corrected chi connectivity index (χ0v) is 15.5. The van der Waals surface area contributed by atoms with Gasteiger partial charge in [-0.25, -0.2) is 9.59 Å². The maximum atomic E-state index is 11.9. The molecule has 0 saturated carbocycles. The van der Waals surface area contributed by atoms with Crippen molar-refractivity contribution in [3.05, 3.63) is 70.0 Å². The summed E-state index contributed by atoms with van der Waals surface area (Å²) >= 11 is 6.21. The number of benzene rings is 3. The first-order valence-electron chi connectivity index (χ1n) is 8.41. The Morgan fingerprint density at radius 1 is 0.966 bits per heavy atom. The molecule has 0 fully saturated rings. The Bertz CT molecular complexity index is 1360. The van der Waals surface area contributed by atoms with Crippen LogP contribution in [0.5, 0.6) is 0 Å². The van der Waals surface area contributed by atoms with Crippen LogP contribution in [0.25, 0.3) is 33.4 Å². The highest BCUT2D eigenvalue weighted by Crippen LogP contribution is 2.42. The molecule has 0 atom stereocenters. The third kappa shape index (κ3) is 3.07. The average Bonchev–Trinajstić information content (AvgIpc) is 2.67. The molecule has 29 heavy (non-hydrogen) atoms. The van der Waals surface area contributed by atoms with Crippen LogP contribution in [-0.2, 0) is 0 Å². The van der Waals surface area contributed by atoms with Gasteiger partial charge < -0.3 is 20.4 Å². The monoisotopic (exact) mass is 409 g/mol. The Hall–Kier alpha value is -3.84. The molecule has 0 bridgehead atoms. The zero-order chi connectivity index (χ0) is 20.9. The van der Waals surface area contributed by atoms with Crippen molar-refractivity contribution in [1.29, 1.82) is 0 Å². The number of carboxylic acid groups (broad SMARTS) is 2. The van der Waals surface area contributed by atoms with Crippen LogP contribution < -0.4 is 16.5 Å². The second kappa shape index (κ2) is 6.65. The lowest BCUT2D eigenvalue weighted by molar-refractivity contribution is -0.172. The highest BCUT2D eigenvalue weighted by Gasteiger charge is 2.24. The van der Waals surface area contributed by atoms with Gasteiger partial charge in [0, 0.05) is 28.3 Å². The summed E-state index contributed by atoms with van der Waals surface area (Å²) in [5.74, 6) is -2.10. The van der Waals surface area contributed by atoms with Gasteiger partial charge in [-0.1, -0.05) is 17.7 Å². The summed E-state index contributed by atoms with van der Waals surface area (Å²) in [4.78, 5) is 23.2. The van der Waals surface area contributed by atoms with E-state index < -0.39 is 11.9 Å². The minimum atomic E-state index is -1.26. The fraction of sp³-hybridized carbons (Fsp3) is 0. The highest BCUT2D eigenvalue weighted by molar-refractivity contribution is 6.31. The molecular weight excluding hydrogens is 396 g/mol. The lowest BCUT2D eigenvalue weighted by Gasteiger charge is -2.17. The molecule has 1 heterocycles. The Balaban J connectivity index is 2.20. The van der Waals surface area contributed by atoms with Crippen LogP contribution in [0.2, 0.25) is 5.02 Å². The molecule has 0 unspecified atom stereocenters. The van der Waals surface area contributed by atoms with Gasteiger partial charge in [0.25, 0.3) is 0 Å². The molecule has 7 nitrogen and oxygen atoms in total. The Kier molecular flexibility index (Phi) is 4.24. The SMILES string of the molecule is Nc1ccc2c(-c3ccc(C(=O)O)cc3C(=O)O)c3cc(Cl)c(=[NH2+])cc-3oc2c1. The van der Waals surface area contributed by atoms with E-state index in [1.54, 1.807) is 30.3 Å². The normalized spacial score (nSPS) is 11.1. The van der Waals surface area contributed by atoms with Gasteiger partial charge in [0.05, 0.1) is 17.2 Å². The number of anilines is 1. The molecule has 2 aromatic rings. The van der Waals surface area contributed by atoms with Crippen LogP contribution in [0.4, 0.5) is 5.69 Å². The first-order chi connectivity index (χ1) is 13.8. The summed E-state index contributed by atoms with van der Waals surface area (Å²) in [6.45, 7) is 0. The number of hydrogen-bond acceptors (Lipinski definition) is 4. The molecular formula is C21H14ClN2O5+. The van der Waals surface area contributed by atoms with E-state index >= 15 is 0 Å². The van der Waals surface area contributed by atoms with Crippen molar-refractivity contribution < 1.29 is 29.6 Å². The number of rotatable bonds is 3. The Morgan fingerprint density at radius 2 is 1.72 bits per heavy atom. The van der Waals surface area contributed by atoms with E-state index in [1.807, 2.05) is 0 Å². The number of hydrogen-bond donors (Lipinski definition) is 4. The molecule has 0 aromatic heterocycles. The highest BCUT2D eigenvalue weighted by atomic mass is 35.5. The predicted octanol–water partition coefficient (Wildman–Crippen LogP) is 2.50. The van der Waals surface area contributed by atoms with E-state index in [2.05, 4.69) is 0 Å². The van der Waals surface area contributed by atoms with Crippen LogP contribution in [0.1, 0.15) is 20.7 Å². The number of aromatic carboxylic acids is 2. The molecule has 0 spiro atoms. The van der Waals surface area contributed by atoms with Crippen molar-refractivity contribution >= 4 is 40.2 Å². The first kappa shape index (κ1) is 18.5. The van der Waals surface area contributed by atoms with Gasteiger partial charge in [-0.3, -0.25) is 5.41 Å². The minimum absolute atomic E-state index is 0.132. The Labute approximate surface area is 168 Å². The fourth-order valence-electron chi connectivity index (χ4n) is 3.30. The van der Waals surface area contributed by atoms with Gasteiger partial charge in [-0.2, -0.15) is 0 Å². The van der Waals surface area contributed by atoms with Crippen LogP contribution in [-0.4, -0.2) is 22.2 Å². The second-order valence-corrected chi connectivity index (χ2v) is 6.88. The summed E-state index contributed by atoms with van der Waals surface area (Å²) in [5, 5.41) is 26.1. The largest absolute Gasteiger partial charge is 0.478 e. The third-order valence-corrected chi connectivity index (χ3v) is 4.96. The molecule has 1 aliphatic heterocycles. The van der Waals surface area contributed by atoms with Crippen LogP contribution in [0.15, 0.2) is 52.9 Å². The number of fused-ring (bicyclic) bond motifs is 2. The second-order valence-electron chi connectivity index (χ2n) is 6.47. The lowest BCUT2D eigenvalue weighted by atomic mass is 9.90. The summed E-state index contributed by atoms with van der Waals surface area (Å²) < 4.78 is 5.93. The number of halogens is 1. The van der Waals surface area contributed by atoms with Gasteiger partial charge in [0.2, 0.25) is 5.36 Å². The lowest BCUT2D eigenvalue weighted by Crippen LogP contribution is -2.45. The van der Waals surface area contributed by atoms with Gasteiger partial charge in [0.1, 0.15) is 16.4 Å². The predicted molar refractivity (Wildman–Crippen MR) is 107 cm³/mol. The first-order valence-corrected chi connectivity index (χ1v) is 8.79. The molecule has 6 N–H and O–H groups in total. The summed E-state index contributed by atoms with van der Waals surface area (Å²) in [6.07, 6.45) is 0. The van der Waals surface area contributed by atoms with Crippen molar-refractivity contribution in [2.24, 2.45) is 0 Å². The maximum Gasteiger partial charge on any atom is 0.336 e. The topological polar surface area (TPSA) is 139 Å². The van der Waals surface area contributed by atoms with Gasteiger partial charge in [-0.05, 0) is 35.9 Å². The van der Waals surface area contributed by atoms with E-state index in [1.165, 1.54) is 12.1 Å². The summed E-state index contributed by atoms with van der Waals surface area (Å²) in [6, 6.07) is 12.1. The average molecular weight is 410 g/mol. The molecule has 1 aliphatic carbocycles. The van der Waals surface area contributed by atoms with Gasteiger partial charge >= 0.3 is 11.9 Å². The quantitative estimate of drug-likeness (QED) is 0.303. The standard InChI is InChI=1S/C21H13ClN2O5/c22-15-7-14-18(8-16(15)24)29-17-6-10(23)2-4-12(17)19(14)11-3-1-9(20(25)26)5-13(11)21(27)28/h1-8,24H,23H2,(H,25,26)(H,27,28)/p+1. The number of nitrogens with two attached hydrogens (primary N) is 2. The molecule has 0 radical (unpaired) electrons. The summed E-state index contributed by atoms with van der Waals surface area (Å²) in [7, 11) is 0. The van der Waals surface area contributed by atoms with E-state index in [-0.39, 0.29) is 16.1 Å². The van der Waals surface area contributed by atoms with Gasteiger partial charge in [-0.15, -0.1) is 0 Å². The molecule has 2 aliphatic rings. The van der Waals surface area contributed by atoms with E-state index in [4.69, 9.17) is 27.2 Å². The maximum absolute atomic E-state index is 11.9. The van der Waals surface area contributed by atoms with E-state index in [0.29, 0.717) is 44.5 Å². The van der Waals surface area contributed by atoms with Crippen LogP contribution in [0.3, 0.4) is 0 Å². The van der Waals surface area contributed by atoms with Crippen molar-refractivity contribution in [3.63, 3.8) is 0 Å². The number of carbonyl (C=O) groups is 2. The zero-order valence-electron chi connectivity index (χ0n) is 14.8. The molecule has 2 aromatic carbocycles. The van der Waals surface area contributed by atoms with Crippen molar-refractivity contribution in [2.75, 3.05) is 5.73 Å². The molecule has 4 rings (SSSR count). The van der Waals surface area contributed by atoms with E-state index in [0.717, 1.165) is 6.07 Å². The van der Waals surface area contributed by atoms with Crippen molar-refractivity contribution in [3.8, 4) is 22.5 Å². The third-order valence-electron chi connectivity index (χ3n) is 4.63. The number of nitrogen functional groups attached to an aromatic ring is 1. The van der Waals surface area contributed by atoms with Crippen molar-refractivity contribution in [2.45, 2.75) is 0 Å². The van der Waals surface area contributed by atoms with Crippen LogP contribution >= 0.6 is 11.6 Å². The fourth-order valence-corrected chi connectivity index (χ4v) is 3.47. The van der Waals surface area contributed by atoms with Gasteiger partial charge in [0.15, 0.2) is 0 Å². The number of carboxylic acids is 2.